The van der Waals surface area contributed by atoms with E-state index in [4.69, 9.17) is 4.74 Å². The molecule has 3 rings (SSSR count). The summed E-state index contributed by atoms with van der Waals surface area (Å²) in [5, 5.41) is 11.5. The van der Waals surface area contributed by atoms with Gasteiger partial charge in [-0.1, -0.05) is 44.4 Å². The summed E-state index contributed by atoms with van der Waals surface area (Å²) >= 11 is 1.41. The van der Waals surface area contributed by atoms with Gasteiger partial charge in [0, 0.05) is 18.0 Å². The van der Waals surface area contributed by atoms with Crippen LogP contribution in [0.15, 0.2) is 35.7 Å². The van der Waals surface area contributed by atoms with Crippen LogP contribution in [0, 0.1) is 0 Å². The number of amides is 3. The minimum atomic E-state index is -0.206. The molecule has 0 spiro atoms. The maximum atomic E-state index is 12.7. The number of hydrogen-bond acceptors (Lipinski definition) is 5. The molecule has 1 fully saturated rings. The van der Waals surface area contributed by atoms with Gasteiger partial charge in [0.05, 0.1) is 6.04 Å². The molecule has 30 heavy (non-hydrogen) atoms. The number of carbonyl (C=O) groups excluding carboxylic acids is 2. The van der Waals surface area contributed by atoms with Crippen LogP contribution in [0.25, 0.3) is 0 Å². The van der Waals surface area contributed by atoms with Crippen molar-refractivity contribution in [2.45, 2.75) is 64.1 Å². The zero-order chi connectivity index (χ0) is 21.2. The van der Waals surface area contributed by atoms with E-state index in [1.807, 2.05) is 30.3 Å². The number of aromatic nitrogens is 1. The molecule has 0 bridgehead atoms. The van der Waals surface area contributed by atoms with Gasteiger partial charge in [-0.05, 0) is 31.4 Å². The second kappa shape index (κ2) is 11.5. The van der Waals surface area contributed by atoms with E-state index in [9.17, 15) is 9.59 Å². The predicted molar refractivity (Wildman–Crippen MR) is 118 cm³/mol. The molecule has 162 valence electrons. The highest BCUT2D eigenvalue weighted by molar-refractivity contribution is 7.09. The first-order valence-corrected chi connectivity index (χ1v) is 11.5. The zero-order valence-corrected chi connectivity index (χ0v) is 18.2. The number of benzene rings is 1. The van der Waals surface area contributed by atoms with E-state index in [1.165, 1.54) is 11.3 Å². The Labute approximate surface area is 181 Å². The molecule has 7 nitrogen and oxygen atoms in total. The SMILES string of the molecule is CCCCNC(=O)N[C@@H]1CCCC[C@@H]1NC(=O)c1csc(COc2ccccc2)n1. The van der Waals surface area contributed by atoms with Gasteiger partial charge in [-0.3, -0.25) is 4.79 Å². The van der Waals surface area contributed by atoms with Crippen molar-refractivity contribution in [1.29, 1.82) is 0 Å². The van der Waals surface area contributed by atoms with Crippen molar-refractivity contribution < 1.29 is 14.3 Å². The number of nitrogens with zero attached hydrogens (tertiary/aromatic N) is 1. The Morgan fingerprint density at radius 3 is 2.60 bits per heavy atom. The van der Waals surface area contributed by atoms with E-state index < -0.39 is 0 Å². The van der Waals surface area contributed by atoms with Crippen LogP contribution >= 0.6 is 11.3 Å². The number of rotatable bonds is 9. The van der Waals surface area contributed by atoms with Crippen LogP contribution in [0.5, 0.6) is 5.75 Å². The highest BCUT2D eigenvalue weighted by Gasteiger charge is 2.28. The van der Waals surface area contributed by atoms with Gasteiger partial charge in [0.15, 0.2) is 0 Å². The summed E-state index contributed by atoms with van der Waals surface area (Å²) in [4.78, 5) is 29.2. The Balaban J connectivity index is 1.50. The summed E-state index contributed by atoms with van der Waals surface area (Å²) in [7, 11) is 0. The lowest BCUT2D eigenvalue weighted by atomic mass is 9.90. The average molecular weight is 431 g/mol. The molecule has 0 aliphatic heterocycles. The number of nitrogens with one attached hydrogen (secondary N) is 3. The monoisotopic (exact) mass is 430 g/mol. The molecular formula is C22H30N4O3S. The largest absolute Gasteiger partial charge is 0.486 e. The second-order valence-electron chi connectivity index (χ2n) is 7.45. The minimum Gasteiger partial charge on any atom is -0.486 e. The van der Waals surface area contributed by atoms with E-state index in [0.29, 0.717) is 18.8 Å². The third-order valence-electron chi connectivity index (χ3n) is 5.10. The maximum Gasteiger partial charge on any atom is 0.315 e. The van der Waals surface area contributed by atoms with Gasteiger partial charge in [-0.2, -0.15) is 0 Å². The van der Waals surface area contributed by atoms with Crippen molar-refractivity contribution in [3.05, 3.63) is 46.4 Å². The molecule has 1 heterocycles. The third kappa shape index (κ3) is 6.73. The van der Waals surface area contributed by atoms with Gasteiger partial charge in [0.2, 0.25) is 0 Å². The molecule has 1 aromatic carbocycles. The summed E-state index contributed by atoms with van der Waals surface area (Å²) in [5.74, 6) is 0.564. The fraction of sp³-hybridized carbons (Fsp3) is 0.500. The van der Waals surface area contributed by atoms with E-state index in [0.717, 1.165) is 49.3 Å². The number of thiazole rings is 1. The molecule has 1 aromatic heterocycles. The van der Waals surface area contributed by atoms with Gasteiger partial charge in [0.25, 0.3) is 5.91 Å². The predicted octanol–water partition coefficient (Wildman–Crippen LogP) is 3.86. The Morgan fingerprint density at radius 2 is 1.87 bits per heavy atom. The summed E-state index contributed by atoms with van der Waals surface area (Å²) in [5.41, 5.74) is 0.392. The van der Waals surface area contributed by atoms with Gasteiger partial charge in [0.1, 0.15) is 23.1 Å². The van der Waals surface area contributed by atoms with E-state index >= 15 is 0 Å². The smallest absolute Gasteiger partial charge is 0.315 e. The van der Waals surface area contributed by atoms with Crippen LogP contribution in [0.3, 0.4) is 0 Å². The Kier molecular flexibility index (Phi) is 8.50. The summed E-state index contributed by atoms with van der Waals surface area (Å²) in [6.07, 6.45) is 5.78. The highest BCUT2D eigenvalue weighted by atomic mass is 32.1. The lowest BCUT2D eigenvalue weighted by Crippen LogP contribution is -2.55. The second-order valence-corrected chi connectivity index (χ2v) is 8.40. The van der Waals surface area contributed by atoms with Crippen molar-refractivity contribution in [2.75, 3.05) is 6.54 Å². The van der Waals surface area contributed by atoms with Crippen LogP contribution in [-0.4, -0.2) is 35.6 Å². The lowest BCUT2D eigenvalue weighted by Gasteiger charge is -2.32. The number of unbranched alkanes of at least 4 members (excludes halogenated alkanes) is 1. The van der Waals surface area contributed by atoms with E-state index in [1.54, 1.807) is 5.38 Å². The molecule has 0 unspecified atom stereocenters. The fourth-order valence-corrected chi connectivity index (χ4v) is 4.15. The van der Waals surface area contributed by atoms with Gasteiger partial charge < -0.3 is 20.7 Å². The van der Waals surface area contributed by atoms with Crippen molar-refractivity contribution in [1.82, 2.24) is 20.9 Å². The molecule has 2 atom stereocenters. The average Bonchev–Trinajstić information content (AvgIpc) is 3.24. The van der Waals surface area contributed by atoms with Crippen molar-refractivity contribution in [3.8, 4) is 5.75 Å². The van der Waals surface area contributed by atoms with Crippen LogP contribution < -0.4 is 20.7 Å². The topological polar surface area (TPSA) is 92.4 Å². The Bertz CT molecular complexity index is 812. The van der Waals surface area contributed by atoms with Crippen molar-refractivity contribution in [2.24, 2.45) is 0 Å². The first-order valence-electron chi connectivity index (χ1n) is 10.6. The number of urea groups is 1. The first kappa shape index (κ1) is 22.1. The zero-order valence-electron chi connectivity index (χ0n) is 17.4. The molecule has 0 saturated heterocycles. The molecule has 1 aliphatic rings. The van der Waals surface area contributed by atoms with Crippen LogP contribution in [-0.2, 0) is 6.61 Å². The third-order valence-corrected chi connectivity index (χ3v) is 5.93. The molecule has 3 N–H and O–H groups in total. The molecule has 1 saturated carbocycles. The Hall–Kier alpha value is -2.61. The molecule has 1 aliphatic carbocycles. The van der Waals surface area contributed by atoms with Gasteiger partial charge >= 0.3 is 6.03 Å². The van der Waals surface area contributed by atoms with Crippen molar-refractivity contribution >= 4 is 23.3 Å². The summed E-state index contributed by atoms with van der Waals surface area (Å²) in [6.45, 7) is 3.08. The van der Waals surface area contributed by atoms with Crippen LogP contribution in [0.1, 0.15) is 60.9 Å². The van der Waals surface area contributed by atoms with Crippen molar-refractivity contribution in [3.63, 3.8) is 0 Å². The number of ether oxygens (including phenoxy) is 1. The quantitative estimate of drug-likeness (QED) is 0.527. The normalized spacial score (nSPS) is 18.4. The minimum absolute atomic E-state index is 0.0659. The molecular weight excluding hydrogens is 400 g/mol. The fourth-order valence-electron chi connectivity index (χ4n) is 3.46. The van der Waals surface area contributed by atoms with Gasteiger partial charge in [-0.15, -0.1) is 11.3 Å². The number of carbonyl (C=O) groups is 2. The first-order chi connectivity index (χ1) is 14.7. The van der Waals surface area contributed by atoms with Crippen LogP contribution in [0.2, 0.25) is 0 Å². The van der Waals surface area contributed by atoms with E-state index in [-0.39, 0.29) is 24.0 Å². The maximum absolute atomic E-state index is 12.7. The standard InChI is InChI=1S/C22H30N4O3S/c1-2-3-13-23-22(28)26-18-12-8-7-11-17(18)25-21(27)19-15-30-20(24-19)14-29-16-9-5-4-6-10-16/h4-6,9-10,15,17-18H,2-3,7-8,11-14H2,1H3,(H,25,27)(H2,23,26,28)/t17-,18+/m0/s1. The lowest BCUT2D eigenvalue weighted by molar-refractivity contribution is 0.0911. The molecule has 2 aromatic rings. The summed E-state index contributed by atoms with van der Waals surface area (Å²) < 4.78 is 5.70. The molecule has 3 amide bonds. The van der Waals surface area contributed by atoms with Crippen LogP contribution in [0.4, 0.5) is 4.79 Å². The molecule has 0 radical (unpaired) electrons. The highest BCUT2D eigenvalue weighted by Crippen LogP contribution is 2.20. The summed E-state index contributed by atoms with van der Waals surface area (Å²) in [6, 6.07) is 9.21. The van der Waals surface area contributed by atoms with Gasteiger partial charge in [-0.25, -0.2) is 9.78 Å². The number of para-hydroxylation sites is 1. The Morgan fingerprint density at radius 1 is 1.13 bits per heavy atom. The number of hydrogen-bond donors (Lipinski definition) is 3. The molecule has 8 heteroatoms. The van der Waals surface area contributed by atoms with E-state index in [2.05, 4.69) is 27.9 Å².